The van der Waals surface area contributed by atoms with E-state index in [9.17, 15) is 8.42 Å². The molecule has 3 heterocycles. The number of rotatable bonds is 1. The predicted molar refractivity (Wildman–Crippen MR) is 57.7 cm³/mol. The Balaban J connectivity index is 1.93. The topological polar surface area (TPSA) is 76.9 Å². The highest BCUT2D eigenvalue weighted by molar-refractivity contribution is 7.91. The maximum atomic E-state index is 11.4. The molecule has 0 aromatic carbocycles. The van der Waals surface area contributed by atoms with Gasteiger partial charge in [0.05, 0.1) is 18.1 Å². The summed E-state index contributed by atoms with van der Waals surface area (Å²) in [6.45, 7) is 2.47. The molecule has 16 heavy (non-hydrogen) atoms. The van der Waals surface area contributed by atoms with Crippen molar-refractivity contribution in [1.29, 1.82) is 0 Å². The van der Waals surface area contributed by atoms with E-state index in [-0.39, 0.29) is 17.4 Å². The van der Waals surface area contributed by atoms with Crippen LogP contribution in [0, 0.1) is 0 Å². The lowest BCUT2D eigenvalue weighted by Crippen LogP contribution is -2.29. The molecule has 1 aromatic rings. The summed E-state index contributed by atoms with van der Waals surface area (Å²) in [6, 6.07) is 0. The van der Waals surface area contributed by atoms with Gasteiger partial charge in [0.15, 0.2) is 9.84 Å². The summed E-state index contributed by atoms with van der Waals surface area (Å²) in [5, 5.41) is 11.5. The van der Waals surface area contributed by atoms with Gasteiger partial charge in [-0.1, -0.05) is 0 Å². The number of fused-ring (bicyclic) bond motifs is 1. The highest BCUT2D eigenvalue weighted by atomic mass is 32.2. The second kappa shape index (κ2) is 3.53. The molecule has 3 rings (SSSR count). The minimum absolute atomic E-state index is 0.0457. The van der Waals surface area contributed by atoms with Crippen LogP contribution in [0.2, 0.25) is 0 Å². The van der Waals surface area contributed by atoms with Crippen LogP contribution in [0.15, 0.2) is 0 Å². The first-order chi connectivity index (χ1) is 7.66. The second-order valence-electron chi connectivity index (χ2n) is 4.40. The van der Waals surface area contributed by atoms with Gasteiger partial charge in [-0.2, -0.15) is 0 Å². The minimum atomic E-state index is -2.84. The van der Waals surface area contributed by atoms with Gasteiger partial charge < -0.3 is 9.88 Å². The molecule has 0 spiro atoms. The molecule has 1 fully saturated rings. The van der Waals surface area contributed by atoms with Crippen LogP contribution in [0.1, 0.15) is 24.0 Å². The third kappa shape index (κ3) is 1.63. The number of nitrogens with one attached hydrogen (secondary N) is 1. The Morgan fingerprint density at radius 1 is 1.38 bits per heavy atom. The number of aromatic nitrogens is 3. The molecule has 1 saturated heterocycles. The lowest BCUT2D eigenvalue weighted by atomic mass is 10.1. The highest BCUT2D eigenvalue weighted by Gasteiger charge is 2.33. The van der Waals surface area contributed by atoms with Crippen molar-refractivity contribution < 1.29 is 8.42 Å². The molecule has 1 unspecified atom stereocenters. The zero-order chi connectivity index (χ0) is 11.2. The first-order valence-corrected chi connectivity index (χ1v) is 7.31. The Hall–Kier alpha value is -0.950. The quantitative estimate of drug-likeness (QED) is 0.703. The molecule has 0 saturated carbocycles. The third-order valence-electron chi connectivity index (χ3n) is 3.25. The molecule has 1 aromatic heterocycles. The van der Waals surface area contributed by atoms with Crippen LogP contribution < -0.4 is 5.32 Å². The molecule has 0 bridgehead atoms. The Morgan fingerprint density at radius 3 is 3.00 bits per heavy atom. The first-order valence-electron chi connectivity index (χ1n) is 5.49. The van der Waals surface area contributed by atoms with Crippen molar-refractivity contribution in [2.45, 2.75) is 25.4 Å². The molecule has 1 N–H and O–H groups in total. The molecule has 0 radical (unpaired) electrons. The maximum Gasteiger partial charge on any atom is 0.151 e. The van der Waals surface area contributed by atoms with Gasteiger partial charge in [-0.3, -0.25) is 0 Å². The van der Waals surface area contributed by atoms with E-state index in [2.05, 4.69) is 20.1 Å². The fourth-order valence-corrected chi connectivity index (χ4v) is 4.15. The molecule has 1 atom stereocenters. The van der Waals surface area contributed by atoms with E-state index >= 15 is 0 Å². The molecule has 6 nitrogen and oxygen atoms in total. The van der Waals surface area contributed by atoms with Crippen molar-refractivity contribution in [3.05, 3.63) is 11.6 Å². The van der Waals surface area contributed by atoms with Crippen molar-refractivity contribution in [1.82, 2.24) is 20.1 Å². The van der Waals surface area contributed by atoms with Gasteiger partial charge in [-0.25, -0.2) is 8.42 Å². The van der Waals surface area contributed by atoms with Crippen LogP contribution >= 0.6 is 0 Å². The minimum Gasteiger partial charge on any atom is -0.312 e. The van der Waals surface area contributed by atoms with Crippen LogP contribution in [-0.2, 0) is 22.9 Å². The average Bonchev–Trinajstić information content (AvgIpc) is 2.81. The summed E-state index contributed by atoms with van der Waals surface area (Å²) in [6.07, 6.45) is 0.688. The molecular formula is C9H14N4O2S. The number of sulfone groups is 1. The molecule has 2 aliphatic heterocycles. The fourth-order valence-electron chi connectivity index (χ4n) is 2.42. The Morgan fingerprint density at radius 2 is 2.25 bits per heavy atom. The lowest BCUT2D eigenvalue weighted by molar-refractivity contribution is 0.483. The number of hydrogen-bond donors (Lipinski definition) is 1. The SMILES string of the molecule is O=S1(=O)CCC(c2nnc3n2CCNC3)C1. The normalized spacial score (nSPS) is 27.9. The summed E-state index contributed by atoms with van der Waals surface area (Å²) < 4.78 is 24.9. The Labute approximate surface area is 94.0 Å². The van der Waals surface area contributed by atoms with Crippen LogP contribution in [0.5, 0.6) is 0 Å². The van der Waals surface area contributed by atoms with E-state index < -0.39 is 9.84 Å². The van der Waals surface area contributed by atoms with E-state index in [0.717, 1.165) is 31.3 Å². The summed E-state index contributed by atoms with van der Waals surface area (Å²) >= 11 is 0. The van der Waals surface area contributed by atoms with Crippen molar-refractivity contribution in [2.24, 2.45) is 0 Å². The van der Waals surface area contributed by atoms with Gasteiger partial charge in [0.25, 0.3) is 0 Å². The molecule has 2 aliphatic rings. The molecule has 0 amide bonds. The fraction of sp³-hybridized carbons (Fsp3) is 0.778. The van der Waals surface area contributed by atoms with Crippen molar-refractivity contribution in [3.8, 4) is 0 Å². The van der Waals surface area contributed by atoms with Gasteiger partial charge in [0.2, 0.25) is 0 Å². The highest BCUT2D eigenvalue weighted by Crippen LogP contribution is 2.28. The van der Waals surface area contributed by atoms with Crippen LogP contribution in [0.25, 0.3) is 0 Å². The first kappa shape index (κ1) is 10.2. The van der Waals surface area contributed by atoms with Gasteiger partial charge in [-0.15, -0.1) is 10.2 Å². The van der Waals surface area contributed by atoms with Gasteiger partial charge in [-0.05, 0) is 6.42 Å². The molecule has 0 aliphatic carbocycles. The van der Waals surface area contributed by atoms with E-state index in [1.165, 1.54) is 0 Å². The van der Waals surface area contributed by atoms with Gasteiger partial charge >= 0.3 is 0 Å². The lowest BCUT2D eigenvalue weighted by Gasteiger charge is -2.17. The second-order valence-corrected chi connectivity index (χ2v) is 6.63. The molecular weight excluding hydrogens is 228 g/mol. The molecule has 88 valence electrons. The Bertz CT molecular complexity index is 508. The van der Waals surface area contributed by atoms with Crippen LogP contribution in [-0.4, -0.2) is 41.2 Å². The smallest absolute Gasteiger partial charge is 0.151 e. The predicted octanol–water partition coefficient (Wildman–Crippen LogP) is -0.717. The van der Waals surface area contributed by atoms with E-state index in [0.29, 0.717) is 6.42 Å². The summed E-state index contributed by atoms with van der Waals surface area (Å²) in [5.74, 6) is 2.35. The van der Waals surface area contributed by atoms with Crippen molar-refractivity contribution in [3.63, 3.8) is 0 Å². The van der Waals surface area contributed by atoms with Crippen LogP contribution in [0.3, 0.4) is 0 Å². The van der Waals surface area contributed by atoms with E-state index in [1.807, 2.05) is 0 Å². The van der Waals surface area contributed by atoms with Gasteiger partial charge in [0.1, 0.15) is 11.6 Å². The largest absolute Gasteiger partial charge is 0.312 e. The summed E-state index contributed by atoms with van der Waals surface area (Å²) in [4.78, 5) is 0. The third-order valence-corrected chi connectivity index (χ3v) is 5.02. The van der Waals surface area contributed by atoms with Crippen molar-refractivity contribution in [2.75, 3.05) is 18.1 Å². The van der Waals surface area contributed by atoms with E-state index in [4.69, 9.17) is 0 Å². The summed E-state index contributed by atoms with van der Waals surface area (Å²) in [5.41, 5.74) is 0. The molecule has 7 heteroatoms. The monoisotopic (exact) mass is 242 g/mol. The number of nitrogens with zero attached hydrogens (tertiary/aromatic N) is 3. The Kier molecular flexibility index (Phi) is 2.25. The zero-order valence-electron chi connectivity index (χ0n) is 8.89. The van der Waals surface area contributed by atoms with Gasteiger partial charge in [0, 0.05) is 19.0 Å². The van der Waals surface area contributed by atoms with E-state index in [1.54, 1.807) is 0 Å². The zero-order valence-corrected chi connectivity index (χ0v) is 9.70. The van der Waals surface area contributed by atoms with Crippen molar-refractivity contribution >= 4 is 9.84 Å². The standard InChI is InChI=1S/C9H14N4O2S/c14-16(15)4-1-7(6-16)9-12-11-8-5-10-2-3-13(8)9/h7,10H,1-6H2. The maximum absolute atomic E-state index is 11.4. The average molecular weight is 242 g/mol. The summed E-state index contributed by atoms with van der Waals surface area (Å²) in [7, 11) is -2.84. The van der Waals surface area contributed by atoms with Crippen LogP contribution in [0.4, 0.5) is 0 Å². The number of hydrogen-bond acceptors (Lipinski definition) is 5.